The number of aliphatic hydroxyl groups excluding tert-OH is 2. The number of amides is 1. The lowest BCUT2D eigenvalue weighted by atomic mass is 9.86. The van der Waals surface area contributed by atoms with E-state index in [0.29, 0.717) is 27.6 Å². The van der Waals surface area contributed by atoms with Crippen LogP contribution in [-0.2, 0) is 9.53 Å². The molecule has 1 amide bonds. The lowest BCUT2D eigenvalue weighted by molar-refractivity contribution is -0.201. The number of phenols is 1. The Labute approximate surface area is 229 Å². The summed E-state index contributed by atoms with van der Waals surface area (Å²) in [6.07, 6.45) is -2.79. The van der Waals surface area contributed by atoms with Crippen molar-refractivity contribution in [1.82, 2.24) is 4.90 Å². The van der Waals surface area contributed by atoms with E-state index in [1.54, 1.807) is 37.3 Å². The maximum absolute atomic E-state index is 13.4. The van der Waals surface area contributed by atoms with Crippen LogP contribution in [0.1, 0.15) is 31.1 Å². The van der Waals surface area contributed by atoms with Gasteiger partial charge < -0.3 is 38.8 Å². The van der Waals surface area contributed by atoms with Gasteiger partial charge in [0.05, 0.1) is 37.1 Å². The molecule has 3 N–H and O–H groups in total. The van der Waals surface area contributed by atoms with E-state index in [9.17, 15) is 24.9 Å². The van der Waals surface area contributed by atoms with Crippen molar-refractivity contribution in [3.8, 4) is 17.2 Å². The first-order chi connectivity index (χ1) is 19.0. The molecule has 10 nitrogen and oxygen atoms in total. The fourth-order valence-corrected chi connectivity index (χ4v) is 5.67. The summed E-state index contributed by atoms with van der Waals surface area (Å²) in [5, 5.41) is 35.0. The number of benzene rings is 3. The van der Waals surface area contributed by atoms with Gasteiger partial charge in [-0.2, -0.15) is 0 Å². The van der Waals surface area contributed by atoms with Crippen molar-refractivity contribution < 1.29 is 38.7 Å². The van der Waals surface area contributed by atoms with Crippen molar-refractivity contribution in [2.45, 2.75) is 44.3 Å². The minimum atomic E-state index is -1.37. The molecular weight excluding hydrogens is 518 g/mol. The molecule has 0 bridgehead atoms. The van der Waals surface area contributed by atoms with Crippen LogP contribution in [0.15, 0.2) is 46.1 Å². The summed E-state index contributed by atoms with van der Waals surface area (Å²) < 4.78 is 23.3. The minimum absolute atomic E-state index is 0.120. The second-order valence-electron chi connectivity index (χ2n) is 9.98. The van der Waals surface area contributed by atoms with Crippen molar-refractivity contribution in [1.29, 1.82) is 0 Å². The number of hydrogen-bond donors (Lipinski definition) is 3. The van der Waals surface area contributed by atoms with Crippen LogP contribution < -0.4 is 15.1 Å². The number of nitrogens with zero attached hydrogens (tertiary/aromatic N) is 1. The van der Waals surface area contributed by atoms with E-state index >= 15 is 0 Å². The van der Waals surface area contributed by atoms with Crippen molar-refractivity contribution in [2.75, 3.05) is 21.3 Å². The van der Waals surface area contributed by atoms with E-state index in [1.165, 1.54) is 39.2 Å². The molecule has 5 rings (SSSR count). The van der Waals surface area contributed by atoms with Gasteiger partial charge in [0.2, 0.25) is 5.91 Å². The summed E-state index contributed by atoms with van der Waals surface area (Å²) in [4.78, 5) is 26.9. The minimum Gasteiger partial charge on any atom is -0.507 e. The summed E-state index contributed by atoms with van der Waals surface area (Å²) in [7, 11) is 4.43. The second kappa shape index (κ2) is 10.1. The Balaban J connectivity index is 1.91. The predicted octanol–water partition coefficient (Wildman–Crippen LogP) is 3.49. The number of aliphatic hydroxyl groups is 2. The first-order valence-electron chi connectivity index (χ1n) is 12.7. The number of likely N-dealkylation sites (N-methyl/N-ethyl adjacent to an activating group) is 1. The number of hydrogen-bond acceptors (Lipinski definition) is 9. The Bertz CT molecular complexity index is 1730. The SMILES string of the molecule is C=Cc1cc(OC)c2c(c1)c(=O)oc1c2cc(OC)c2c(O)ccc(C3OC(C)C(O)C(N(C)C(C)=O)C3O)c21. The molecule has 2 heterocycles. The Morgan fingerprint density at radius 2 is 1.70 bits per heavy atom. The van der Waals surface area contributed by atoms with Gasteiger partial charge in [-0.15, -0.1) is 0 Å². The molecular formula is C30H31NO9. The zero-order valence-corrected chi connectivity index (χ0v) is 22.8. The molecule has 0 aliphatic carbocycles. The molecule has 1 aliphatic heterocycles. The van der Waals surface area contributed by atoms with E-state index in [1.807, 2.05) is 0 Å². The first-order valence-corrected chi connectivity index (χ1v) is 12.7. The van der Waals surface area contributed by atoms with Crippen LogP contribution in [0, 0.1) is 0 Å². The summed E-state index contributed by atoms with van der Waals surface area (Å²) in [6, 6.07) is 7.04. The Hall–Kier alpha value is -4.12. The molecule has 1 aliphatic rings. The molecule has 1 saturated heterocycles. The van der Waals surface area contributed by atoms with E-state index in [-0.39, 0.29) is 39.1 Å². The topological polar surface area (TPSA) is 139 Å². The molecule has 0 radical (unpaired) electrons. The van der Waals surface area contributed by atoms with Crippen LogP contribution in [0.5, 0.6) is 17.2 Å². The third-order valence-electron chi connectivity index (χ3n) is 7.80. The first kappa shape index (κ1) is 27.4. The average Bonchev–Trinajstić information content (AvgIpc) is 2.94. The number of phenolic OH excluding ortho intramolecular Hbond substituents is 1. The van der Waals surface area contributed by atoms with Gasteiger partial charge in [-0.05, 0) is 42.3 Å². The number of carbonyl (C=O) groups excluding carboxylic acids is 1. The van der Waals surface area contributed by atoms with Gasteiger partial charge in [0.15, 0.2) is 0 Å². The lowest BCUT2D eigenvalue weighted by Crippen LogP contribution is -2.60. The summed E-state index contributed by atoms with van der Waals surface area (Å²) in [5.41, 5.74) is 0.506. The molecule has 3 aromatic carbocycles. The zero-order chi connectivity index (χ0) is 29.0. The van der Waals surface area contributed by atoms with Crippen molar-refractivity contribution in [3.63, 3.8) is 0 Å². The third-order valence-corrected chi connectivity index (χ3v) is 7.80. The number of carbonyl (C=O) groups is 1. The number of rotatable bonds is 5. The maximum atomic E-state index is 13.4. The highest BCUT2D eigenvalue weighted by Crippen LogP contribution is 2.47. The van der Waals surface area contributed by atoms with E-state index in [0.717, 1.165) is 0 Å². The molecule has 5 unspecified atom stereocenters. The van der Waals surface area contributed by atoms with Gasteiger partial charge in [-0.3, -0.25) is 4.79 Å². The van der Waals surface area contributed by atoms with Gasteiger partial charge in [-0.25, -0.2) is 4.79 Å². The highest BCUT2D eigenvalue weighted by Gasteiger charge is 2.46. The molecule has 0 spiro atoms. The molecule has 40 heavy (non-hydrogen) atoms. The Morgan fingerprint density at radius 1 is 1.02 bits per heavy atom. The normalized spacial score (nSPS) is 22.9. The maximum Gasteiger partial charge on any atom is 0.344 e. The molecule has 10 heteroatoms. The molecule has 0 saturated carbocycles. The van der Waals surface area contributed by atoms with Crippen LogP contribution in [0.25, 0.3) is 38.6 Å². The van der Waals surface area contributed by atoms with Gasteiger partial charge in [0, 0.05) is 30.1 Å². The van der Waals surface area contributed by atoms with Crippen molar-refractivity contribution in [2.24, 2.45) is 0 Å². The van der Waals surface area contributed by atoms with E-state index < -0.39 is 36.1 Å². The van der Waals surface area contributed by atoms with Gasteiger partial charge in [-0.1, -0.05) is 18.7 Å². The molecule has 5 atom stereocenters. The summed E-state index contributed by atoms with van der Waals surface area (Å²) in [5.74, 6) is 0.192. The summed E-state index contributed by atoms with van der Waals surface area (Å²) in [6.45, 7) is 6.76. The fraction of sp³-hybridized carbons (Fsp3) is 0.333. The van der Waals surface area contributed by atoms with E-state index in [4.69, 9.17) is 18.6 Å². The van der Waals surface area contributed by atoms with Gasteiger partial charge in [0.1, 0.15) is 41.1 Å². The second-order valence-corrected chi connectivity index (χ2v) is 9.98. The quantitative estimate of drug-likeness (QED) is 0.252. The van der Waals surface area contributed by atoms with E-state index in [2.05, 4.69) is 6.58 Å². The van der Waals surface area contributed by atoms with Crippen LogP contribution in [0.2, 0.25) is 0 Å². The van der Waals surface area contributed by atoms with Crippen LogP contribution in [0.4, 0.5) is 0 Å². The largest absolute Gasteiger partial charge is 0.507 e. The van der Waals surface area contributed by atoms with Crippen LogP contribution >= 0.6 is 0 Å². The number of aromatic hydroxyl groups is 1. The highest BCUT2D eigenvalue weighted by atomic mass is 16.5. The van der Waals surface area contributed by atoms with Crippen molar-refractivity contribution >= 4 is 44.5 Å². The Kier molecular flexibility index (Phi) is 6.95. The fourth-order valence-electron chi connectivity index (χ4n) is 5.67. The predicted molar refractivity (Wildman–Crippen MR) is 150 cm³/mol. The summed E-state index contributed by atoms with van der Waals surface area (Å²) >= 11 is 0. The molecule has 1 fully saturated rings. The standard InChI is InChI=1S/C30H31NO9/c1-7-15-10-18-22(20(11-15)37-5)17-12-21(38-6)24-19(33)9-8-16(23(24)28(17)40-30(18)36)29-27(35)25(31(4)14(3)32)26(34)13(2)39-29/h7-13,25-27,29,33-35H,1H2,2-6H3. The molecule has 4 aromatic rings. The highest BCUT2D eigenvalue weighted by molar-refractivity contribution is 6.19. The number of ether oxygens (including phenoxy) is 3. The number of methoxy groups -OCH3 is 2. The lowest BCUT2D eigenvalue weighted by Gasteiger charge is -2.45. The zero-order valence-electron chi connectivity index (χ0n) is 22.8. The monoisotopic (exact) mass is 549 g/mol. The smallest absolute Gasteiger partial charge is 0.344 e. The molecule has 210 valence electrons. The average molecular weight is 550 g/mol. The van der Waals surface area contributed by atoms with Gasteiger partial charge in [0.25, 0.3) is 0 Å². The van der Waals surface area contributed by atoms with Crippen LogP contribution in [0.3, 0.4) is 0 Å². The Morgan fingerprint density at radius 3 is 2.33 bits per heavy atom. The van der Waals surface area contributed by atoms with Gasteiger partial charge >= 0.3 is 5.63 Å². The van der Waals surface area contributed by atoms with Crippen LogP contribution in [-0.4, -0.2) is 71.7 Å². The number of fused-ring (bicyclic) bond motifs is 5. The van der Waals surface area contributed by atoms with Crippen molar-refractivity contribution in [3.05, 3.63) is 58.5 Å². The molecule has 1 aromatic heterocycles. The third kappa shape index (κ3) is 4.07.